The lowest BCUT2D eigenvalue weighted by Gasteiger charge is -2.02. The van der Waals surface area contributed by atoms with Crippen LogP contribution in [0.25, 0.3) is 0 Å². The highest BCUT2D eigenvalue weighted by Gasteiger charge is 1.93. The van der Waals surface area contributed by atoms with Gasteiger partial charge in [0.1, 0.15) is 6.61 Å². The predicted molar refractivity (Wildman–Crippen MR) is 50.2 cm³/mol. The van der Waals surface area contributed by atoms with Crippen LogP contribution in [0, 0.1) is 0 Å². The van der Waals surface area contributed by atoms with Gasteiger partial charge in [0.05, 0.1) is 6.61 Å². The molecule has 0 radical (unpaired) electrons. The number of nitrogens with one attached hydrogen (secondary N) is 1. The number of hydrogen-bond acceptors (Lipinski definition) is 4. The van der Waals surface area contributed by atoms with Crippen LogP contribution in [0.1, 0.15) is 12.7 Å². The quantitative estimate of drug-likeness (QED) is 0.653. The van der Waals surface area contributed by atoms with Crippen LogP contribution in [0.2, 0.25) is 0 Å². The van der Waals surface area contributed by atoms with Gasteiger partial charge in [-0.25, -0.2) is 9.97 Å². The summed E-state index contributed by atoms with van der Waals surface area (Å²) in [5, 5.41) is 3.17. The zero-order chi connectivity index (χ0) is 9.36. The fourth-order valence-electron chi connectivity index (χ4n) is 0.889. The predicted octanol–water partition coefficient (Wildman–Crippen LogP) is 0.603. The lowest BCUT2D eigenvalue weighted by molar-refractivity contribution is 0.117. The molecule has 0 bridgehead atoms. The van der Waals surface area contributed by atoms with Gasteiger partial charge in [0, 0.05) is 18.9 Å². The van der Waals surface area contributed by atoms with Gasteiger partial charge in [-0.2, -0.15) is 0 Å². The van der Waals surface area contributed by atoms with Crippen molar-refractivity contribution < 1.29 is 4.74 Å². The van der Waals surface area contributed by atoms with Crippen LogP contribution in [0.5, 0.6) is 0 Å². The van der Waals surface area contributed by atoms with E-state index in [1.165, 1.54) is 0 Å². The van der Waals surface area contributed by atoms with Gasteiger partial charge < -0.3 is 10.1 Å². The molecule has 1 N–H and O–H groups in total. The number of aromatic nitrogens is 2. The van der Waals surface area contributed by atoms with E-state index in [1.807, 2.05) is 0 Å². The van der Waals surface area contributed by atoms with E-state index in [0.717, 1.165) is 18.9 Å². The SMILES string of the molecule is CCNCCOCc1ncccn1. The van der Waals surface area contributed by atoms with Crippen molar-refractivity contribution in [3.63, 3.8) is 0 Å². The topological polar surface area (TPSA) is 47.0 Å². The molecule has 1 aromatic heterocycles. The van der Waals surface area contributed by atoms with E-state index in [2.05, 4.69) is 22.2 Å². The standard InChI is InChI=1S/C9H15N3O/c1-2-10-6-7-13-8-9-11-4-3-5-12-9/h3-5,10H,2,6-8H2,1H3. The van der Waals surface area contributed by atoms with Gasteiger partial charge in [-0.05, 0) is 12.6 Å². The summed E-state index contributed by atoms with van der Waals surface area (Å²) in [6.45, 7) is 5.12. The first kappa shape index (κ1) is 10.1. The van der Waals surface area contributed by atoms with Crippen LogP contribution in [0.15, 0.2) is 18.5 Å². The highest BCUT2D eigenvalue weighted by Crippen LogP contribution is 1.89. The molecule has 4 nitrogen and oxygen atoms in total. The molecule has 0 spiro atoms. The van der Waals surface area contributed by atoms with Gasteiger partial charge in [0.2, 0.25) is 0 Å². The van der Waals surface area contributed by atoms with E-state index >= 15 is 0 Å². The van der Waals surface area contributed by atoms with Crippen molar-refractivity contribution in [2.24, 2.45) is 0 Å². The third-order valence-electron chi connectivity index (χ3n) is 1.52. The Morgan fingerprint density at radius 1 is 1.38 bits per heavy atom. The molecule has 0 saturated carbocycles. The molecular weight excluding hydrogens is 166 g/mol. The third-order valence-corrected chi connectivity index (χ3v) is 1.52. The molecule has 0 unspecified atom stereocenters. The first-order valence-corrected chi connectivity index (χ1v) is 4.48. The zero-order valence-electron chi connectivity index (χ0n) is 7.86. The van der Waals surface area contributed by atoms with E-state index in [9.17, 15) is 0 Å². The summed E-state index contributed by atoms with van der Waals surface area (Å²) >= 11 is 0. The molecule has 0 fully saturated rings. The van der Waals surface area contributed by atoms with Crippen molar-refractivity contribution >= 4 is 0 Å². The maximum atomic E-state index is 5.33. The summed E-state index contributed by atoms with van der Waals surface area (Å²) in [6.07, 6.45) is 3.44. The van der Waals surface area contributed by atoms with E-state index < -0.39 is 0 Å². The minimum absolute atomic E-state index is 0.492. The second-order valence-electron chi connectivity index (χ2n) is 2.57. The summed E-state index contributed by atoms with van der Waals surface area (Å²) < 4.78 is 5.33. The van der Waals surface area contributed by atoms with Gasteiger partial charge in [-0.1, -0.05) is 6.92 Å². The number of ether oxygens (including phenoxy) is 1. The molecule has 1 aromatic rings. The van der Waals surface area contributed by atoms with E-state index in [0.29, 0.717) is 13.2 Å². The van der Waals surface area contributed by atoms with Gasteiger partial charge in [-0.3, -0.25) is 0 Å². The Labute approximate surface area is 78.4 Å². The molecule has 0 aliphatic heterocycles. The highest BCUT2D eigenvalue weighted by atomic mass is 16.5. The summed E-state index contributed by atoms with van der Waals surface area (Å²) in [5.74, 6) is 0.735. The monoisotopic (exact) mass is 181 g/mol. The van der Waals surface area contributed by atoms with Crippen LogP contribution >= 0.6 is 0 Å². The molecular formula is C9H15N3O. The number of rotatable bonds is 6. The van der Waals surface area contributed by atoms with E-state index in [1.54, 1.807) is 18.5 Å². The van der Waals surface area contributed by atoms with Crippen LogP contribution in [0.3, 0.4) is 0 Å². The number of hydrogen-bond donors (Lipinski definition) is 1. The van der Waals surface area contributed by atoms with Crippen molar-refractivity contribution in [3.05, 3.63) is 24.3 Å². The van der Waals surface area contributed by atoms with Crippen LogP contribution < -0.4 is 5.32 Å². The Hall–Kier alpha value is -1.00. The van der Waals surface area contributed by atoms with Crippen molar-refractivity contribution in [2.75, 3.05) is 19.7 Å². The zero-order valence-corrected chi connectivity index (χ0v) is 7.86. The molecule has 0 aromatic carbocycles. The van der Waals surface area contributed by atoms with Gasteiger partial charge >= 0.3 is 0 Å². The van der Waals surface area contributed by atoms with Gasteiger partial charge in [0.15, 0.2) is 5.82 Å². The minimum atomic E-state index is 0.492. The molecule has 0 saturated heterocycles. The summed E-state index contributed by atoms with van der Waals surface area (Å²) in [4.78, 5) is 8.08. The van der Waals surface area contributed by atoms with Crippen molar-refractivity contribution in [1.29, 1.82) is 0 Å². The smallest absolute Gasteiger partial charge is 0.153 e. The molecule has 0 aliphatic rings. The molecule has 0 aliphatic carbocycles. The maximum absolute atomic E-state index is 5.33. The maximum Gasteiger partial charge on any atom is 0.153 e. The summed E-state index contributed by atoms with van der Waals surface area (Å²) in [6, 6.07) is 1.79. The van der Waals surface area contributed by atoms with Crippen LogP contribution in [0.4, 0.5) is 0 Å². The Balaban J connectivity index is 2.07. The summed E-state index contributed by atoms with van der Waals surface area (Å²) in [7, 11) is 0. The average Bonchev–Trinajstić information content (AvgIpc) is 2.19. The fourth-order valence-corrected chi connectivity index (χ4v) is 0.889. The molecule has 72 valence electrons. The van der Waals surface area contributed by atoms with Crippen LogP contribution in [-0.2, 0) is 11.3 Å². The lowest BCUT2D eigenvalue weighted by atomic mass is 10.6. The Kier molecular flexibility index (Phi) is 5.05. The first-order valence-electron chi connectivity index (χ1n) is 4.48. The Morgan fingerprint density at radius 3 is 2.85 bits per heavy atom. The third kappa shape index (κ3) is 4.55. The molecule has 0 atom stereocenters. The highest BCUT2D eigenvalue weighted by molar-refractivity contribution is 4.86. The normalized spacial score (nSPS) is 10.2. The minimum Gasteiger partial charge on any atom is -0.372 e. The molecule has 4 heteroatoms. The molecule has 0 amide bonds. The van der Waals surface area contributed by atoms with Crippen LogP contribution in [-0.4, -0.2) is 29.7 Å². The fraction of sp³-hybridized carbons (Fsp3) is 0.556. The van der Waals surface area contributed by atoms with Crippen molar-refractivity contribution in [2.45, 2.75) is 13.5 Å². The second-order valence-corrected chi connectivity index (χ2v) is 2.57. The van der Waals surface area contributed by atoms with Gasteiger partial charge in [0.25, 0.3) is 0 Å². The van der Waals surface area contributed by atoms with Crippen molar-refractivity contribution in [3.8, 4) is 0 Å². The average molecular weight is 181 g/mol. The molecule has 1 heterocycles. The number of nitrogens with zero attached hydrogens (tertiary/aromatic N) is 2. The lowest BCUT2D eigenvalue weighted by Crippen LogP contribution is -2.19. The molecule has 1 rings (SSSR count). The first-order chi connectivity index (χ1) is 6.43. The largest absolute Gasteiger partial charge is 0.372 e. The number of likely N-dealkylation sites (N-methyl/N-ethyl adjacent to an activating group) is 1. The molecule has 13 heavy (non-hydrogen) atoms. The Bertz CT molecular complexity index is 215. The second kappa shape index (κ2) is 6.51. The summed E-state index contributed by atoms with van der Waals surface area (Å²) in [5.41, 5.74) is 0. The van der Waals surface area contributed by atoms with E-state index in [4.69, 9.17) is 4.74 Å². The van der Waals surface area contributed by atoms with Crippen molar-refractivity contribution in [1.82, 2.24) is 15.3 Å². The Morgan fingerprint density at radius 2 is 2.15 bits per heavy atom. The van der Waals surface area contributed by atoms with Gasteiger partial charge in [-0.15, -0.1) is 0 Å². The van der Waals surface area contributed by atoms with E-state index in [-0.39, 0.29) is 0 Å².